The van der Waals surface area contributed by atoms with Gasteiger partial charge in [0.25, 0.3) is 5.91 Å². The summed E-state index contributed by atoms with van der Waals surface area (Å²) in [6.45, 7) is 6.14. The second-order valence-electron chi connectivity index (χ2n) is 10.3. The normalized spacial score (nSPS) is 27.8. The summed E-state index contributed by atoms with van der Waals surface area (Å²) in [5.41, 5.74) is 1.11. The van der Waals surface area contributed by atoms with Crippen molar-refractivity contribution in [3.8, 4) is 0 Å². The summed E-state index contributed by atoms with van der Waals surface area (Å²) in [5.74, 6) is -0.679. The van der Waals surface area contributed by atoms with Crippen LogP contribution in [-0.4, -0.2) is 51.4 Å². The van der Waals surface area contributed by atoms with Crippen LogP contribution in [0.2, 0.25) is 23.7 Å². The molecule has 0 saturated carbocycles. The van der Waals surface area contributed by atoms with E-state index in [1.807, 2.05) is 31.2 Å². The molecule has 0 bridgehead atoms. The first-order chi connectivity index (χ1) is 17.1. The molecule has 192 valence electrons. The lowest BCUT2D eigenvalue weighted by atomic mass is 9.82. The van der Waals surface area contributed by atoms with Gasteiger partial charge in [-0.1, -0.05) is 30.7 Å². The van der Waals surface area contributed by atoms with E-state index in [0.717, 1.165) is 11.3 Å². The average molecular weight is 533 g/mol. The van der Waals surface area contributed by atoms with Crippen LogP contribution in [-0.2, 0) is 26.4 Å². The highest BCUT2D eigenvalue weighted by Gasteiger charge is 2.66. The van der Waals surface area contributed by atoms with Crippen molar-refractivity contribution in [2.75, 3.05) is 29.6 Å². The van der Waals surface area contributed by atoms with Gasteiger partial charge in [-0.25, -0.2) is 4.79 Å². The van der Waals surface area contributed by atoms with Crippen LogP contribution in [0.3, 0.4) is 0 Å². The Kier molecular flexibility index (Phi) is 6.39. The van der Waals surface area contributed by atoms with Gasteiger partial charge in [-0.15, -0.1) is 0 Å². The fourth-order valence-corrected chi connectivity index (χ4v) is 8.88. The number of cyclic esters (lactones) is 1. The minimum Gasteiger partial charge on any atom is -0.447 e. The number of hydrogen-bond donors (Lipinski definition) is 1. The third kappa shape index (κ3) is 3.93. The number of rotatable bonds is 6. The number of nitrogens with zero attached hydrogens (tertiary/aromatic N) is 2. The summed E-state index contributed by atoms with van der Waals surface area (Å²) >= 11 is 6.37. The topological polar surface area (TPSA) is 79.3 Å². The third-order valence-electron chi connectivity index (χ3n) is 7.69. The quantitative estimate of drug-likeness (QED) is 0.418. The molecule has 0 aliphatic carbocycles. The summed E-state index contributed by atoms with van der Waals surface area (Å²) in [6.07, 6.45) is -0.670. The molecule has 5 rings (SSSR count). The largest absolute Gasteiger partial charge is 0.447 e. The van der Waals surface area contributed by atoms with E-state index in [2.05, 4.69) is 0 Å². The predicted molar refractivity (Wildman–Crippen MR) is 138 cm³/mol. The standard InChI is InChI=1S/C26H30ClFN2O5Si/c1-16-23(36(2,3)28)22(10-12-31)35-26(16)20-14-18(27)6-9-21(20)30(24(26)32)15-17-4-7-19(8-5-17)29-11-13-34-25(29)33/h4-9,14,16,22-23,31H,10-13,15H2,1-3H3/t16-,22+,23-,26+/m1/s1. The number of halogens is 2. The fourth-order valence-electron chi connectivity index (χ4n) is 6.17. The Morgan fingerprint density at radius 1 is 1.19 bits per heavy atom. The number of carbonyl (C=O) groups excluding carboxylic acids is 2. The molecule has 0 radical (unpaired) electrons. The molecular formula is C26H30ClFN2O5Si. The molecule has 4 atom stereocenters. The minimum atomic E-state index is -3.25. The van der Waals surface area contributed by atoms with Crippen molar-refractivity contribution in [3.05, 3.63) is 58.6 Å². The van der Waals surface area contributed by atoms with E-state index in [0.29, 0.717) is 29.4 Å². The predicted octanol–water partition coefficient (Wildman–Crippen LogP) is 5.00. The van der Waals surface area contributed by atoms with Crippen LogP contribution in [0, 0.1) is 5.92 Å². The van der Waals surface area contributed by atoms with Crippen LogP contribution in [0.4, 0.5) is 20.3 Å². The summed E-state index contributed by atoms with van der Waals surface area (Å²) in [5, 5.41) is 10.1. The highest BCUT2D eigenvalue weighted by Crippen LogP contribution is 2.60. The third-order valence-corrected chi connectivity index (χ3v) is 10.4. The molecule has 2 aromatic carbocycles. The van der Waals surface area contributed by atoms with Gasteiger partial charge < -0.3 is 23.6 Å². The van der Waals surface area contributed by atoms with Crippen LogP contribution in [0.25, 0.3) is 0 Å². The number of anilines is 2. The lowest BCUT2D eigenvalue weighted by Crippen LogP contribution is -2.45. The molecule has 36 heavy (non-hydrogen) atoms. The summed E-state index contributed by atoms with van der Waals surface area (Å²) in [4.78, 5) is 29.3. The number of ether oxygens (including phenoxy) is 2. The maximum Gasteiger partial charge on any atom is 0.414 e. The van der Waals surface area contributed by atoms with Gasteiger partial charge in [-0.05, 0) is 55.4 Å². The van der Waals surface area contributed by atoms with Crippen molar-refractivity contribution >= 4 is 43.4 Å². The highest BCUT2D eigenvalue weighted by molar-refractivity contribution is 6.72. The number of carbonyl (C=O) groups is 2. The Balaban J connectivity index is 1.50. The number of aliphatic hydroxyl groups is 1. The summed E-state index contributed by atoms with van der Waals surface area (Å²) in [7, 11) is -3.25. The Hall–Kier alpha value is -2.46. The number of benzene rings is 2. The van der Waals surface area contributed by atoms with E-state index in [-0.39, 0.29) is 31.6 Å². The van der Waals surface area contributed by atoms with Gasteiger partial charge in [0.05, 0.1) is 24.9 Å². The van der Waals surface area contributed by atoms with Gasteiger partial charge in [0.2, 0.25) is 8.41 Å². The smallest absolute Gasteiger partial charge is 0.414 e. The van der Waals surface area contributed by atoms with E-state index in [1.54, 1.807) is 41.1 Å². The Labute approximate surface area is 215 Å². The van der Waals surface area contributed by atoms with Crippen LogP contribution in [0.15, 0.2) is 42.5 Å². The molecule has 10 heteroatoms. The van der Waals surface area contributed by atoms with Crippen LogP contribution < -0.4 is 9.80 Å². The minimum absolute atomic E-state index is 0.147. The first-order valence-electron chi connectivity index (χ1n) is 12.2. The zero-order valence-electron chi connectivity index (χ0n) is 20.5. The Morgan fingerprint density at radius 2 is 1.92 bits per heavy atom. The van der Waals surface area contributed by atoms with Crippen molar-refractivity contribution in [2.45, 2.75) is 50.2 Å². The van der Waals surface area contributed by atoms with Crippen LogP contribution in [0.5, 0.6) is 0 Å². The zero-order valence-corrected chi connectivity index (χ0v) is 22.3. The maximum absolute atomic E-state index is 15.6. The molecular weight excluding hydrogens is 503 g/mol. The molecule has 2 saturated heterocycles. The van der Waals surface area contributed by atoms with E-state index >= 15 is 4.11 Å². The van der Waals surface area contributed by atoms with Crippen molar-refractivity contribution in [1.82, 2.24) is 0 Å². The lowest BCUT2D eigenvalue weighted by Gasteiger charge is -2.31. The van der Waals surface area contributed by atoms with Gasteiger partial charge in [0, 0.05) is 34.3 Å². The molecule has 0 unspecified atom stereocenters. The fraction of sp³-hybridized carbons (Fsp3) is 0.462. The molecule has 3 aliphatic rings. The number of hydrogen-bond acceptors (Lipinski definition) is 5. The Morgan fingerprint density at radius 3 is 2.53 bits per heavy atom. The van der Waals surface area contributed by atoms with Crippen LogP contribution >= 0.6 is 11.6 Å². The first kappa shape index (κ1) is 25.2. The van der Waals surface area contributed by atoms with Crippen molar-refractivity contribution in [3.63, 3.8) is 0 Å². The molecule has 2 amide bonds. The Bertz CT molecular complexity index is 1190. The molecule has 1 spiro atoms. The highest BCUT2D eigenvalue weighted by atomic mass is 35.5. The number of amides is 2. The van der Waals surface area contributed by atoms with Crippen molar-refractivity contribution in [2.24, 2.45) is 5.92 Å². The average Bonchev–Trinajstić information content (AvgIpc) is 3.44. The van der Waals surface area contributed by atoms with E-state index in [4.69, 9.17) is 21.1 Å². The monoisotopic (exact) mass is 532 g/mol. The molecule has 7 nitrogen and oxygen atoms in total. The van der Waals surface area contributed by atoms with E-state index in [9.17, 15) is 14.7 Å². The molecule has 1 N–H and O–H groups in total. The molecule has 3 aliphatic heterocycles. The van der Waals surface area contributed by atoms with Crippen LogP contribution in [0.1, 0.15) is 24.5 Å². The van der Waals surface area contributed by atoms with Gasteiger partial charge in [-0.3, -0.25) is 9.69 Å². The zero-order chi connectivity index (χ0) is 25.8. The SMILES string of the molecule is C[C@@H]1[C@@H]([Si](C)(C)F)[C@H](CCO)O[C@@]12C(=O)N(Cc1ccc(N3CCOC3=O)cc1)c1ccc(Cl)cc12. The molecule has 3 heterocycles. The van der Waals surface area contributed by atoms with Crippen molar-refractivity contribution in [1.29, 1.82) is 0 Å². The maximum atomic E-state index is 15.6. The van der Waals surface area contributed by atoms with Crippen molar-refractivity contribution < 1.29 is 28.3 Å². The summed E-state index contributed by atoms with van der Waals surface area (Å²) in [6, 6.07) is 12.7. The van der Waals surface area contributed by atoms with E-state index < -0.39 is 31.6 Å². The number of aliphatic hydroxyl groups excluding tert-OH is 1. The van der Waals surface area contributed by atoms with Gasteiger partial charge in [-0.2, -0.15) is 0 Å². The second-order valence-corrected chi connectivity index (χ2v) is 14.5. The molecule has 2 aromatic rings. The number of fused-ring (bicyclic) bond motifs is 2. The van der Waals surface area contributed by atoms with Gasteiger partial charge in [0.1, 0.15) is 6.61 Å². The summed E-state index contributed by atoms with van der Waals surface area (Å²) < 4.78 is 27.1. The lowest BCUT2D eigenvalue weighted by molar-refractivity contribution is -0.146. The second kappa shape index (κ2) is 9.13. The van der Waals surface area contributed by atoms with E-state index in [1.165, 1.54) is 0 Å². The molecule has 2 fully saturated rings. The molecule has 0 aromatic heterocycles. The van der Waals surface area contributed by atoms with Gasteiger partial charge in [0.15, 0.2) is 5.60 Å². The van der Waals surface area contributed by atoms with Gasteiger partial charge >= 0.3 is 6.09 Å². The first-order valence-corrected chi connectivity index (χ1v) is 15.5.